The number of hydrogen-bond donors (Lipinski definition) is 0. The summed E-state index contributed by atoms with van der Waals surface area (Å²) < 4.78 is 16.2. The molecule has 0 aliphatic rings. The zero-order valence-corrected chi connectivity index (χ0v) is 19.4. The van der Waals surface area contributed by atoms with Crippen molar-refractivity contribution in [3.8, 4) is 33.8 Å². The molecule has 0 radical (unpaired) electrons. The number of pyridine rings is 1. The highest BCUT2D eigenvalue weighted by Crippen LogP contribution is 2.48. The summed E-state index contributed by atoms with van der Waals surface area (Å²) in [6.07, 6.45) is 2.13. The summed E-state index contributed by atoms with van der Waals surface area (Å²) in [6.45, 7) is 0. The number of aromatic nitrogens is 2. The number of imidazole rings is 1. The highest BCUT2D eigenvalue weighted by atomic mass is 16.5. The first-order chi connectivity index (χ1) is 16.7. The van der Waals surface area contributed by atoms with Crippen molar-refractivity contribution in [3.05, 3.63) is 97.2 Å². The summed E-state index contributed by atoms with van der Waals surface area (Å²) in [4.78, 5) is 0. The quantitative estimate of drug-likeness (QED) is 0.293. The fourth-order valence-electron chi connectivity index (χ4n) is 5.16. The Bertz CT molecular complexity index is 1670. The Balaban J connectivity index is 1.99. The first kappa shape index (κ1) is 20.3. The standard InChI is InChI=1S/C30H25N2O2/c1-31-25-16-10-11-17-32(25)29-23-18-22(33-2)19-24(34-3)28(23)26(20-12-6-4-7-13-20)27(30(29)31)21-14-8-5-9-15-21/h4-19H,1-3H3/q+1. The third-order valence-corrected chi connectivity index (χ3v) is 6.63. The highest BCUT2D eigenvalue weighted by Gasteiger charge is 2.29. The summed E-state index contributed by atoms with van der Waals surface area (Å²) >= 11 is 0. The van der Waals surface area contributed by atoms with Crippen LogP contribution in [0, 0.1) is 0 Å². The molecule has 0 bridgehead atoms. The van der Waals surface area contributed by atoms with Crippen LogP contribution < -0.4 is 14.0 Å². The van der Waals surface area contributed by atoms with E-state index in [4.69, 9.17) is 9.47 Å². The summed E-state index contributed by atoms with van der Waals surface area (Å²) in [6, 6.07) is 31.6. The van der Waals surface area contributed by atoms with E-state index in [0.717, 1.165) is 50.1 Å². The van der Waals surface area contributed by atoms with Crippen LogP contribution in [0.1, 0.15) is 0 Å². The van der Waals surface area contributed by atoms with E-state index in [9.17, 15) is 0 Å². The van der Waals surface area contributed by atoms with Crippen LogP contribution in [0.25, 0.3) is 49.7 Å². The Labute approximate surface area is 198 Å². The second kappa shape index (κ2) is 7.92. The lowest BCUT2D eigenvalue weighted by atomic mass is 9.87. The van der Waals surface area contributed by atoms with Crippen LogP contribution in [0.4, 0.5) is 0 Å². The van der Waals surface area contributed by atoms with Gasteiger partial charge in [-0.25, -0.2) is 4.57 Å². The van der Waals surface area contributed by atoms with Gasteiger partial charge in [-0.15, -0.1) is 0 Å². The average molecular weight is 446 g/mol. The Morgan fingerprint density at radius 3 is 2.00 bits per heavy atom. The van der Waals surface area contributed by atoms with Crippen molar-refractivity contribution < 1.29 is 14.0 Å². The monoisotopic (exact) mass is 445 g/mol. The summed E-state index contributed by atoms with van der Waals surface area (Å²) in [5.41, 5.74) is 8.06. The van der Waals surface area contributed by atoms with Crippen LogP contribution in [0.2, 0.25) is 0 Å². The lowest BCUT2D eigenvalue weighted by Gasteiger charge is -2.18. The van der Waals surface area contributed by atoms with E-state index in [0.29, 0.717) is 0 Å². The molecule has 0 saturated heterocycles. The van der Waals surface area contributed by atoms with Gasteiger partial charge in [-0.1, -0.05) is 66.7 Å². The van der Waals surface area contributed by atoms with Crippen LogP contribution in [-0.2, 0) is 7.05 Å². The number of rotatable bonds is 4. The summed E-state index contributed by atoms with van der Waals surface area (Å²) in [7, 11) is 5.57. The van der Waals surface area contributed by atoms with Crippen LogP contribution in [-0.4, -0.2) is 18.6 Å². The molecular weight excluding hydrogens is 420 g/mol. The molecular formula is C30H25N2O2+. The van der Waals surface area contributed by atoms with Crippen LogP contribution in [0.15, 0.2) is 97.2 Å². The Kier molecular flexibility index (Phi) is 4.73. The molecule has 0 saturated carbocycles. The smallest absolute Gasteiger partial charge is 0.286 e. The number of aryl methyl sites for hydroxylation is 1. The summed E-state index contributed by atoms with van der Waals surface area (Å²) in [5.74, 6) is 1.56. The number of ether oxygens (including phenoxy) is 2. The maximum Gasteiger partial charge on any atom is 0.286 e. The van der Waals surface area contributed by atoms with Gasteiger partial charge in [0.2, 0.25) is 0 Å². The SMILES string of the molecule is COc1cc(OC)c2c(-c3ccccc3)c(-c3ccccc3)c3c(c2c1)n1ccccc1[n+]3C. The minimum atomic E-state index is 0.769. The van der Waals surface area contributed by atoms with Gasteiger partial charge in [-0.2, -0.15) is 4.40 Å². The van der Waals surface area contributed by atoms with Crippen LogP contribution in [0.3, 0.4) is 0 Å². The predicted molar refractivity (Wildman–Crippen MR) is 138 cm³/mol. The van der Waals surface area contributed by atoms with Gasteiger partial charge in [0.25, 0.3) is 5.65 Å². The molecule has 0 fully saturated rings. The normalized spacial score (nSPS) is 11.4. The predicted octanol–water partition coefficient (Wildman–Crippen LogP) is 6.42. The molecule has 4 aromatic carbocycles. The second-order valence-electron chi connectivity index (χ2n) is 8.42. The van der Waals surface area contributed by atoms with E-state index in [2.05, 4.69) is 107 Å². The number of benzene rings is 4. The minimum absolute atomic E-state index is 0.769. The van der Waals surface area contributed by atoms with Gasteiger partial charge < -0.3 is 9.47 Å². The van der Waals surface area contributed by atoms with Crippen molar-refractivity contribution in [2.75, 3.05) is 14.2 Å². The van der Waals surface area contributed by atoms with Crippen LogP contribution in [0.5, 0.6) is 11.5 Å². The molecule has 0 N–H and O–H groups in total. The maximum absolute atomic E-state index is 5.99. The first-order valence-electron chi connectivity index (χ1n) is 11.3. The van der Waals surface area contributed by atoms with Gasteiger partial charge in [0.05, 0.1) is 27.5 Å². The molecule has 4 heteroatoms. The van der Waals surface area contributed by atoms with Gasteiger partial charge >= 0.3 is 0 Å². The van der Waals surface area contributed by atoms with E-state index in [1.807, 2.05) is 6.07 Å². The van der Waals surface area contributed by atoms with Crippen molar-refractivity contribution in [1.29, 1.82) is 0 Å². The molecule has 6 rings (SSSR count). The molecule has 0 aliphatic carbocycles. The van der Waals surface area contributed by atoms with Crippen molar-refractivity contribution in [1.82, 2.24) is 4.40 Å². The molecule has 166 valence electrons. The third kappa shape index (κ3) is 2.88. The molecule has 34 heavy (non-hydrogen) atoms. The van der Waals surface area contributed by atoms with E-state index in [1.54, 1.807) is 14.2 Å². The van der Waals surface area contributed by atoms with E-state index in [1.165, 1.54) is 11.1 Å². The number of nitrogens with zero attached hydrogens (tertiary/aromatic N) is 2. The first-order valence-corrected chi connectivity index (χ1v) is 11.3. The zero-order chi connectivity index (χ0) is 23.2. The van der Waals surface area contributed by atoms with E-state index in [-0.39, 0.29) is 0 Å². The number of hydrogen-bond acceptors (Lipinski definition) is 2. The minimum Gasteiger partial charge on any atom is -0.497 e. The van der Waals surface area contributed by atoms with Gasteiger partial charge in [0.15, 0.2) is 11.0 Å². The Morgan fingerprint density at radius 2 is 1.35 bits per heavy atom. The molecule has 6 aromatic rings. The molecule has 0 atom stereocenters. The number of methoxy groups -OCH3 is 2. The molecule has 0 aliphatic heterocycles. The molecule has 4 nitrogen and oxygen atoms in total. The summed E-state index contributed by atoms with van der Waals surface area (Å²) in [5, 5.41) is 2.16. The number of fused-ring (bicyclic) bond motifs is 5. The Morgan fingerprint density at radius 1 is 0.706 bits per heavy atom. The maximum atomic E-state index is 5.99. The highest BCUT2D eigenvalue weighted by molar-refractivity contribution is 6.21. The third-order valence-electron chi connectivity index (χ3n) is 6.63. The van der Waals surface area contributed by atoms with Crippen LogP contribution >= 0.6 is 0 Å². The van der Waals surface area contributed by atoms with E-state index >= 15 is 0 Å². The van der Waals surface area contributed by atoms with Gasteiger partial charge in [-0.3, -0.25) is 0 Å². The second-order valence-corrected chi connectivity index (χ2v) is 8.42. The lowest BCUT2D eigenvalue weighted by molar-refractivity contribution is -0.618. The average Bonchev–Trinajstić information content (AvgIpc) is 3.20. The molecule has 0 spiro atoms. The van der Waals surface area contributed by atoms with Gasteiger partial charge in [0.1, 0.15) is 11.5 Å². The van der Waals surface area contributed by atoms with E-state index < -0.39 is 0 Å². The fraction of sp³-hybridized carbons (Fsp3) is 0.100. The molecule has 0 amide bonds. The Hall–Kier alpha value is -4.31. The molecule has 0 unspecified atom stereocenters. The van der Waals surface area contributed by atoms with Crippen molar-refractivity contribution in [2.45, 2.75) is 0 Å². The zero-order valence-electron chi connectivity index (χ0n) is 19.4. The largest absolute Gasteiger partial charge is 0.497 e. The van der Waals surface area contributed by atoms with Crippen molar-refractivity contribution in [3.63, 3.8) is 0 Å². The topological polar surface area (TPSA) is 26.8 Å². The lowest BCUT2D eigenvalue weighted by Crippen LogP contribution is -2.27. The van der Waals surface area contributed by atoms with Gasteiger partial charge in [0, 0.05) is 34.0 Å². The van der Waals surface area contributed by atoms with Gasteiger partial charge in [-0.05, 0) is 23.3 Å². The van der Waals surface area contributed by atoms with Crippen molar-refractivity contribution >= 4 is 27.5 Å². The van der Waals surface area contributed by atoms with Crippen molar-refractivity contribution in [2.24, 2.45) is 7.05 Å². The molecule has 2 heterocycles. The fourth-order valence-corrected chi connectivity index (χ4v) is 5.16. The molecule has 2 aromatic heterocycles.